The largest absolute Gasteiger partial charge is 0.382 e. The third-order valence-electron chi connectivity index (χ3n) is 5.13. The van der Waals surface area contributed by atoms with E-state index in [1.807, 2.05) is 23.2 Å². The van der Waals surface area contributed by atoms with Gasteiger partial charge in [0.05, 0.1) is 5.71 Å². The lowest BCUT2D eigenvalue weighted by molar-refractivity contribution is -0.142. The van der Waals surface area contributed by atoms with E-state index in [1.165, 1.54) is 0 Å². The lowest BCUT2D eigenvalue weighted by atomic mass is 10.0. The van der Waals surface area contributed by atoms with Gasteiger partial charge in [-0.25, -0.2) is 0 Å². The Morgan fingerprint density at radius 2 is 2.19 bits per heavy atom. The Hall–Kier alpha value is -2.77. The van der Waals surface area contributed by atoms with Crippen LogP contribution < -0.4 is 0 Å². The number of hydrogen-bond acceptors (Lipinski definition) is 6. The van der Waals surface area contributed by atoms with Crippen molar-refractivity contribution in [3.05, 3.63) is 41.7 Å². The highest BCUT2D eigenvalue weighted by Crippen LogP contribution is 2.20. The van der Waals surface area contributed by atoms with E-state index < -0.39 is 6.10 Å². The van der Waals surface area contributed by atoms with Crippen LogP contribution in [0.2, 0.25) is 0 Å². The Morgan fingerprint density at radius 1 is 1.30 bits per heavy atom. The molecule has 0 N–H and O–H groups in total. The van der Waals surface area contributed by atoms with E-state index in [-0.39, 0.29) is 5.91 Å². The molecule has 2 aromatic rings. The van der Waals surface area contributed by atoms with Crippen molar-refractivity contribution in [1.29, 1.82) is 0 Å². The molecule has 0 saturated heterocycles. The second-order valence-corrected chi connectivity index (χ2v) is 7.33. The van der Waals surface area contributed by atoms with E-state index in [0.717, 1.165) is 22.9 Å². The van der Waals surface area contributed by atoms with Crippen LogP contribution in [0.5, 0.6) is 0 Å². The van der Waals surface area contributed by atoms with E-state index in [9.17, 15) is 4.79 Å². The normalized spacial score (nSPS) is 19.4. The van der Waals surface area contributed by atoms with Gasteiger partial charge in [0.2, 0.25) is 6.10 Å². The van der Waals surface area contributed by atoms with Gasteiger partial charge in [0, 0.05) is 51.3 Å². The van der Waals surface area contributed by atoms with E-state index in [2.05, 4.69) is 38.8 Å². The number of carbonyl (C=O) groups is 1. The number of hydrogen-bond donors (Lipinski definition) is 0. The topological polar surface area (TPSA) is 85.5 Å². The first kappa shape index (κ1) is 17.6. The first-order valence-corrected chi connectivity index (χ1v) is 9.43. The summed E-state index contributed by atoms with van der Waals surface area (Å²) in [6.07, 6.45) is 5.09. The van der Waals surface area contributed by atoms with Crippen LogP contribution in [0.15, 0.2) is 29.7 Å². The summed E-state index contributed by atoms with van der Waals surface area (Å²) in [6, 6.07) is 3.95. The molecular formula is C19H24N6O2. The molecule has 4 heterocycles. The summed E-state index contributed by atoms with van der Waals surface area (Å²) in [7, 11) is 0. The standard InChI is InChI=1S/C19H24N6O2/c1-13(2)15-11-16(27-23-15)19(26)24-7-5-17-21-22-18(25(17)9-8-24)10-14-4-3-6-20-12-14/h3-4,6,12-13,16H,5,7-11H2,1-2H3. The molecule has 0 aromatic carbocycles. The summed E-state index contributed by atoms with van der Waals surface area (Å²) in [4.78, 5) is 24.3. The predicted molar refractivity (Wildman–Crippen MR) is 99.1 cm³/mol. The third kappa shape index (κ3) is 3.70. The molecular weight excluding hydrogens is 344 g/mol. The van der Waals surface area contributed by atoms with E-state index in [0.29, 0.717) is 44.8 Å². The molecule has 1 amide bonds. The van der Waals surface area contributed by atoms with Crippen molar-refractivity contribution in [3.8, 4) is 0 Å². The quantitative estimate of drug-likeness (QED) is 0.815. The van der Waals surface area contributed by atoms with Gasteiger partial charge in [-0.3, -0.25) is 9.78 Å². The zero-order valence-corrected chi connectivity index (χ0v) is 15.7. The van der Waals surface area contributed by atoms with Crippen molar-refractivity contribution < 1.29 is 9.63 Å². The van der Waals surface area contributed by atoms with Crippen LogP contribution in [-0.2, 0) is 29.0 Å². The molecule has 1 atom stereocenters. The Balaban J connectivity index is 1.41. The number of rotatable bonds is 4. The number of pyridine rings is 1. The summed E-state index contributed by atoms with van der Waals surface area (Å²) in [5.74, 6) is 2.16. The molecule has 8 heteroatoms. The van der Waals surface area contributed by atoms with Crippen molar-refractivity contribution >= 4 is 11.6 Å². The summed E-state index contributed by atoms with van der Waals surface area (Å²) in [6.45, 7) is 6.07. The van der Waals surface area contributed by atoms with Crippen LogP contribution in [-0.4, -0.2) is 55.5 Å². The van der Waals surface area contributed by atoms with Gasteiger partial charge in [0.1, 0.15) is 11.6 Å². The number of oxime groups is 1. The fourth-order valence-corrected chi connectivity index (χ4v) is 3.49. The predicted octanol–water partition coefficient (Wildman–Crippen LogP) is 1.45. The first-order valence-electron chi connectivity index (χ1n) is 9.43. The van der Waals surface area contributed by atoms with Crippen molar-refractivity contribution in [1.82, 2.24) is 24.6 Å². The van der Waals surface area contributed by atoms with Crippen LogP contribution in [0.4, 0.5) is 0 Å². The fourth-order valence-electron chi connectivity index (χ4n) is 3.49. The monoisotopic (exact) mass is 368 g/mol. The van der Waals surface area contributed by atoms with Gasteiger partial charge >= 0.3 is 0 Å². The number of nitrogens with zero attached hydrogens (tertiary/aromatic N) is 6. The first-order chi connectivity index (χ1) is 13.1. The third-order valence-corrected chi connectivity index (χ3v) is 5.13. The SMILES string of the molecule is CC(C)C1=NOC(C(=O)N2CCc3nnc(Cc4cccnc4)n3CC2)C1. The minimum atomic E-state index is -0.485. The highest BCUT2D eigenvalue weighted by Gasteiger charge is 2.33. The van der Waals surface area contributed by atoms with Crippen molar-refractivity contribution in [2.24, 2.45) is 11.1 Å². The fraction of sp³-hybridized carbons (Fsp3) is 0.526. The van der Waals surface area contributed by atoms with Gasteiger partial charge in [0.15, 0.2) is 0 Å². The highest BCUT2D eigenvalue weighted by atomic mass is 16.6. The van der Waals surface area contributed by atoms with Crippen LogP contribution in [0.3, 0.4) is 0 Å². The second kappa shape index (κ2) is 7.46. The molecule has 8 nitrogen and oxygen atoms in total. The zero-order chi connectivity index (χ0) is 18.8. The van der Waals surface area contributed by atoms with E-state index in [4.69, 9.17) is 4.84 Å². The minimum Gasteiger partial charge on any atom is -0.382 e. The lowest BCUT2D eigenvalue weighted by Crippen LogP contribution is -2.41. The van der Waals surface area contributed by atoms with E-state index >= 15 is 0 Å². The van der Waals surface area contributed by atoms with Gasteiger partial charge in [-0.2, -0.15) is 0 Å². The maximum absolute atomic E-state index is 12.8. The maximum atomic E-state index is 12.8. The summed E-state index contributed by atoms with van der Waals surface area (Å²) >= 11 is 0. The van der Waals surface area contributed by atoms with Crippen LogP contribution >= 0.6 is 0 Å². The Morgan fingerprint density at radius 3 is 2.93 bits per heavy atom. The smallest absolute Gasteiger partial charge is 0.266 e. The molecule has 0 bridgehead atoms. The molecule has 1 unspecified atom stereocenters. The molecule has 4 rings (SSSR count). The molecule has 27 heavy (non-hydrogen) atoms. The van der Waals surface area contributed by atoms with Crippen molar-refractivity contribution in [2.45, 2.75) is 45.8 Å². The number of fused-ring (bicyclic) bond motifs is 1. The van der Waals surface area contributed by atoms with Crippen LogP contribution in [0.25, 0.3) is 0 Å². The van der Waals surface area contributed by atoms with Gasteiger partial charge in [-0.15, -0.1) is 10.2 Å². The molecule has 0 fully saturated rings. The second-order valence-electron chi connectivity index (χ2n) is 7.33. The summed E-state index contributed by atoms with van der Waals surface area (Å²) in [5.41, 5.74) is 2.06. The Labute approximate surface area is 158 Å². The molecule has 0 radical (unpaired) electrons. The van der Waals surface area contributed by atoms with Crippen LogP contribution in [0.1, 0.15) is 37.5 Å². The number of carbonyl (C=O) groups excluding carboxylic acids is 1. The van der Waals surface area contributed by atoms with Gasteiger partial charge in [-0.05, 0) is 17.5 Å². The van der Waals surface area contributed by atoms with Gasteiger partial charge in [-0.1, -0.05) is 25.1 Å². The molecule has 0 aliphatic carbocycles. The van der Waals surface area contributed by atoms with E-state index in [1.54, 1.807) is 6.20 Å². The van der Waals surface area contributed by atoms with Crippen LogP contribution in [0, 0.1) is 5.92 Å². The maximum Gasteiger partial charge on any atom is 0.266 e. The Bertz CT molecular complexity index is 845. The molecule has 0 spiro atoms. The molecule has 2 aliphatic rings. The molecule has 2 aromatic heterocycles. The molecule has 0 saturated carbocycles. The molecule has 2 aliphatic heterocycles. The molecule has 142 valence electrons. The average molecular weight is 368 g/mol. The number of amides is 1. The Kier molecular flexibility index (Phi) is 4.87. The summed E-state index contributed by atoms with van der Waals surface area (Å²) in [5, 5.41) is 12.8. The van der Waals surface area contributed by atoms with Crippen molar-refractivity contribution in [2.75, 3.05) is 13.1 Å². The highest BCUT2D eigenvalue weighted by molar-refractivity contribution is 5.93. The zero-order valence-electron chi connectivity index (χ0n) is 15.7. The number of aromatic nitrogens is 4. The summed E-state index contributed by atoms with van der Waals surface area (Å²) < 4.78 is 2.13. The van der Waals surface area contributed by atoms with Gasteiger partial charge < -0.3 is 14.3 Å². The average Bonchev–Trinajstić information content (AvgIpc) is 3.25. The minimum absolute atomic E-state index is 0.0157. The van der Waals surface area contributed by atoms with Gasteiger partial charge in [0.25, 0.3) is 5.91 Å². The lowest BCUT2D eigenvalue weighted by Gasteiger charge is -2.22. The van der Waals surface area contributed by atoms with Crippen molar-refractivity contribution in [3.63, 3.8) is 0 Å².